The summed E-state index contributed by atoms with van der Waals surface area (Å²) >= 11 is 0. The second-order valence-electron chi connectivity index (χ2n) is 5.36. The van der Waals surface area contributed by atoms with Gasteiger partial charge in [0, 0.05) is 13.0 Å². The van der Waals surface area contributed by atoms with Crippen LogP contribution in [0.3, 0.4) is 0 Å². The van der Waals surface area contributed by atoms with Crippen molar-refractivity contribution in [3.8, 4) is 0 Å². The van der Waals surface area contributed by atoms with Gasteiger partial charge in [0.2, 0.25) is 0 Å². The Balaban J connectivity index is 3.89. The predicted molar refractivity (Wildman–Crippen MR) is 93.5 cm³/mol. The fourth-order valence-electron chi connectivity index (χ4n) is 1.89. The Morgan fingerprint density at radius 2 is 1.71 bits per heavy atom. The van der Waals surface area contributed by atoms with Crippen molar-refractivity contribution in [3.05, 3.63) is 48.6 Å². The van der Waals surface area contributed by atoms with Gasteiger partial charge in [-0.15, -0.1) is 13.2 Å². The molecule has 0 rings (SSSR count). The van der Waals surface area contributed by atoms with Gasteiger partial charge < -0.3 is 5.32 Å². The van der Waals surface area contributed by atoms with E-state index in [1.165, 1.54) is 5.57 Å². The first-order chi connectivity index (χ1) is 10.1. The molecule has 0 spiro atoms. The van der Waals surface area contributed by atoms with Crippen LogP contribution in [0.15, 0.2) is 48.6 Å². The average molecular weight is 289 g/mol. The van der Waals surface area contributed by atoms with E-state index in [0.717, 1.165) is 50.8 Å². The van der Waals surface area contributed by atoms with Crippen LogP contribution in [0.2, 0.25) is 0 Å². The molecule has 0 saturated carbocycles. The molecule has 0 fully saturated rings. The Labute approximate surface area is 130 Å². The Morgan fingerprint density at radius 3 is 2.38 bits per heavy atom. The molecule has 0 aromatic carbocycles. The Morgan fingerprint density at radius 1 is 1.00 bits per heavy atom. The standard InChI is InChI=1S/C19H31NO/c1-5-7-9-13-19(21)18(4)12-10-11-17(3)14-16-20-15-8-6-2/h5-6,12,14,20H,1-2,7-11,13,15-16H2,3-4H3. The lowest BCUT2D eigenvalue weighted by atomic mass is 10.0. The van der Waals surface area contributed by atoms with Gasteiger partial charge in [0.25, 0.3) is 0 Å². The first-order valence-corrected chi connectivity index (χ1v) is 7.90. The number of unbranched alkanes of at least 4 members (excludes halogenated alkanes) is 1. The first kappa shape index (κ1) is 19.6. The molecular weight excluding hydrogens is 258 g/mol. The Bertz CT molecular complexity index is 377. The minimum absolute atomic E-state index is 0.268. The molecule has 21 heavy (non-hydrogen) atoms. The van der Waals surface area contributed by atoms with Gasteiger partial charge in [0.15, 0.2) is 5.78 Å². The van der Waals surface area contributed by atoms with Crippen molar-refractivity contribution in [1.29, 1.82) is 0 Å². The van der Waals surface area contributed by atoms with Crippen LogP contribution in [0.4, 0.5) is 0 Å². The van der Waals surface area contributed by atoms with Crippen molar-refractivity contribution in [1.82, 2.24) is 5.32 Å². The van der Waals surface area contributed by atoms with E-state index in [0.29, 0.717) is 6.42 Å². The molecule has 0 aliphatic rings. The summed E-state index contributed by atoms with van der Waals surface area (Å²) in [6.07, 6.45) is 13.5. The molecule has 118 valence electrons. The number of hydrogen-bond acceptors (Lipinski definition) is 2. The molecule has 0 bridgehead atoms. The van der Waals surface area contributed by atoms with Gasteiger partial charge in [-0.3, -0.25) is 4.79 Å². The molecule has 0 unspecified atom stereocenters. The minimum Gasteiger partial charge on any atom is -0.313 e. The molecule has 0 aromatic rings. The van der Waals surface area contributed by atoms with E-state index in [9.17, 15) is 4.79 Å². The van der Waals surface area contributed by atoms with Crippen LogP contribution in [-0.4, -0.2) is 18.9 Å². The zero-order chi connectivity index (χ0) is 15.9. The van der Waals surface area contributed by atoms with Crippen LogP contribution in [0.1, 0.15) is 52.4 Å². The van der Waals surface area contributed by atoms with Crippen LogP contribution in [0.25, 0.3) is 0 Å². The number of carbonyl (C=O) groups is 1. The Hall–Kier alpha value is -1.41. The highest BCUT2D eigenvalue weighted by Gasteiger charge is 2.02. The topological polar surface area (TPSA) is 29.1 Å². The van der Waals surface area contributed by atoms with Crippen molar-refractivity contribution in [3.63, 3.8) is 0 Å². The van der Waals surface area contributed by atoms with Gasteiger partial charge in [0.05, 0.1) is 0 Å². The molecule has 1 N–H and O–H groups in total. The van der Waals surface area contributed by atoms with Crippen molar-refractivity contribution in [2.24, 2.45) is 0 Å². The lowest BCUT2D eigenvalue weighted by molar-refractivity contribution is -0.115. The smallest absolute Gasteiger partial charge is 0.158 e. The van der Waals surface area contributed by atoms with Crippen LogP contribution < -0.4 is 5.32 Å². The molecule has 0 atom stereocenters. The van der Waals surface area contributed by atoms with Gasteiger partial charge in [-0.2, -0.15) is 0 Å². The van der Waals surface area contributed by atoms with Gasteiger partial charge in [-0.25, -0.2) is 0 Å². The number of Topliss-reactive ketones (excluding diaryl/α,β-unsaturated/α-hetero) is 1. The third kappa shape index (κ3) is 12.1. The van der Waals surface area contributed by atoms with E-state index >= 15 is 0 Å². The van der Waals surface area contributed by atoms with Crippen molar-refractivity contribution < 1.29 is 4.79 Å². The second kappa shape index (κ2) is 13.6. The molecule has 2 nitrogen and oxygen atoms in total. The lowest BCUT2D eigenvalue weighted by Gasteiger charge is -2.03. The largest absolute Gasteiger partial charge is 0.313 e. The van der Waals surface area contributed by atoms with E-state index in [2.05, 4.69) is 37.6 Å². The first-order valence-electron chi connectivity index (χ1n) is 7.90. The summed E-state index contributed by atoms with van der Waals surface area (Å²) in [6.45, 7) is 13.3. The van der Waals surface area contributed by atoms with Crippen LogP contribution in [0, 0.1) is 0 Å². The highest BCUT2D eigenvalue weighted by Crippen LogP contribution is 2.09. The summed E-state index contributed by atoms with van der Waals surface area (Å²) in [5.41, 5.74) is 2.26. The van der Waals surface area contributed by atoms with E-state index < -0.39 is 0 Å². The van der Waals surface area contributed by atoms with Gasteiger partial charge in [-0.05, 0) is 58.1 Å². The minimum atomic E-state index is 0.268. The highest BCUT2D eigenvalue weighted by molar-refractivity contribution is 5.94. The van der Waals surface area contributed by atoms with E-state index in [1.54, 1.807) is 0 Å². The monoisotopic (exact) mass is 289 g/mol. The fraction of sp³-hybridized carbons (Fsp3) is 0.526. The van der Waals surface area contributed by atoms with Crippen molar-refractivity contribution in [2.45, 2.75) is 52.4 Å². The zero-order valence-corrected chi connectivity index (χ0v) is 13.8. The van der Waals surface area contributed by atoms with E-state index in [4.69, 9.17) is 0 Å². The SMILES string of the molecule is C=CCCCC(=O)C(C)=CCCC(C)=CCNCCC=C. The number of allylic oxidation sites excluding steroid dienone is 4. The number of carbonyl (C=O) groups excluding carboxylic acids is 1. The molecule has 0 saturated heterocycles. The number of ketones is 1. The van der Waals surface area contributed by atoms with Gasteiger partial charge >= 0.3 is 0 Å². The predicted octanol–water partition coefficient (Wildman–Crippen LogP) is 4.75. The summed E-state index contributed by atoms with van der Waals surface area (Å²) in [5, 5.41) is 3.34. The molecule has 0 aliphatic carbocycles. The highest BCUT2D eigenvalue weighted by atomic mass is 16.1. The molecule has 2 heteroatoms. The zero-order valence-electron chi connectivity index (χ0n) is 13.8. The maximum Gasteiger partial charge on any atom is 0.158 e. The molecule has 0 amide bonds. The van der Waals surface area contributed by atoms with E-state index in [1.807, 2.05) is 19.1 Å². The normalized spacial score (nSPS) is 12.3. The van der Waals surface area contributed by atoms with Crippen LogP contribution in [-0.2, 0) is 4.79 Å². The summed E-state index contributed by atoms with van der Waals surface area (Å²) < 4.78 is 0. The number of nitrogens with one attached hydrogen (secondary N) is 1. The van der Waals surface area contributed by atoms with Gasteiger partial charge in [-0.1, -0.05) is 29.9 Å². The van der Waals surface area contributed by atoms with Crippen molar-refractivity contribution >= 4 is 5.78 Å². The summed E-state index contributed by atoms with van der Waals surface area (Å²) in [6, 6.07) is 0. The second-order valence-corrected chi connectivity index (χ2v) is 5.36. The van der Waals surface area contributed by atoms with Crippen LogP contribution >= 0.6 is 0 Å². The quantitative estimate of drug-likeness (QED) is 0.301. The fourth-order valence-corrected chi connectivity index (χ4v) is 1.89. The lowest BCUT2D eigenvalue weighted by Crippen LogP contribution is -2.14. The maximum atomic E-state index is 11.8. The molecule has 0 aliphatic heterocycles. The third-order valence-electron chi connectivity index (χ3n) is 3.36. The average Bonchev–Trinajstić information content (AvgIpc) is 2.47. The summed E-state index contributed by atoms with van der Waals surface area (Å²) in [4.78, 5) is 11.8. The molecule has 0 radical (unpaired) electrons. The van der Waals surface area contributed by atoms with Gasteiger partial charge in [0.1, 0.15) is 0 Å². The van der Waals surface area contributed by atoms with Crippen LogP contribution in [0.5, 0.6) is 0 Å². The van der Waals surface area contributed by atoms with Crippen molar-refractivity contribution in [2.75, 3.05) is 13.1 Å². The molecular formula is C19H31NO. The van der Waals surface area contributed by atoms with E-state index in [-0.39, 0.29) is 5.78 Å². The number of rotatable bonds is 13. The molecule has 0 heterocycles. The maximum absolute atomic E-state index is 11.8. The third-order valence-corrected chi connectivity index (χ3v) is 3.36. The summed E-state index contributed by atoms with van der Waals surface area (Å²) in [5.74, 6) is 0.268. The Kier molecular flexibility index (Phi) is 12.7. The number of hydrogen-bond donors (Lipinski definition) is 1. The summed E-state index contributed by atoms with van der Waals surface area (Å²) in [7, 11) is 0. The molecule has 0 aromatic heterocycles.